The minimum absolute atomic E-state index is 0.179. The third-order valence-electron chi connectivity index (χ3n) is 3.86. The van der Waals surface area contributed by atoms with E-state index in [1.165, 1.54) is 0 Å². The molecule has 0 aromatic rings. The van der Waals surface area contributed by atoms with E-state index in [0.717, 1.165) is 32.4 Å². The number of aliphatic hydroxyl groups excluding tert-OH is 1. The smallest absolute Gasteiger partial charge is 0.229 e. The highest BCUT2D eigenvalue weighted by Gasteiger charge is 2.36. The monoisotopic (exact) mass is 228 g/mol. The third-order valence-corrected chi connectivity index (χ3v) is 3.86. The number of carbonyl (C=O) groups excluding carboxylic acids is 1. The summed E-state index contributed by atoms with van der Waals surface area (Å²) in [5.41, 5.74) is 5.28. The molecule has 0 aliphatic carbocycles. The normalized spacial score (nSPS) is 24.5. The van der Waals surface area contributed by atoms with Gasteiger partial charge in [0.15, 0.2) is 0 Å². The fourth-order valence-electron chi connectivity index (χ4n) is 2.20. The number of nitrogens with two attached hydrogens (primary N) is 1. The molecule has 1 saturated heterocycles. The highest BCUT2D eigenvalue weighted by molar-refractivity contribution is 5.82. The maximum absolute atomic E-state index is 12.3. The van der Waals surface area contributed by atoms with Crippen LogP contribution < -0.4 is 5.73 Å². The van der Waals surface area contributed by atoms with E-state index in [9.17, 15) is 4.79 Å². The van der Waals surface area contributed by atoms with E-state index in [0.29, 0.717) is 12.5 Å². The second-order valence-electron chi connectivity index (χ2n) is 5.04. The fraction of sp³-hybridized carbons (Fsp3) is 0.917. The van der Waals surface area contributed by atoms with Gasteiger partial charge >= 0.3 is 0 Å². The molecule has 4 nitrogen and oxygen atoms in total. The van der Waals surface area contributed by atoms with Crippen molar-refractivity contribution in [2.45, 2.75) is 33.1 Å². The molecule has 2 unspecified atom stereocenters. The molecule has 3 N–H and O–H groups in total. The molecule has 0 aromatic heterocycles. The van der Waals surface area contributed by atoms with E-state index in [-0.39, 0.29) is 12.5 Å². The van der Waals surface area contributed by atoms with Crippen LogP contribution in [-0.4, -0.2) is 42.2 Å². The van der Waals surface area contributed by atoms with Crippen LogP contribution in [0.1, 0.15) is 33.1 Å². The number of carbonyl (C=O) groups is 1. The van der Waals surface area contributed by atoms with Crippen molar-refractivity contribution in [3.63, 3.8) is 0 Å². The second-order valence-corrected chi connectivity index (χ2v) is 5.04. The summed E-state index contributed by atoms with van der Waals surface area (Å²) in [4.78, 5) is 14.2. The first-order valence-corrected chi connectivity index (χ1v) is 6.17. The summed E-state index contributed by atoms with van der Waals surface area (Å²) in [5.74, 6) is 0.644. The van der Waals surface area contributed by atoms with Gasteiger partial charge in [0.25, 0.3) is 0 Å². The van der Waals surface area contributed by atoms with Crippen LogP contribution in [0, 0.1) is 11.3 Å². The number of hydrogen-bond acceptors (Lipinski definition) is 3. The molecule has 16 heavy (non-hydrogen) atoms. The lowest BCUT2D eigenvalue weighted by Gasteiger charge is -2.30. The summed E-state index contributed by atoms with van der Waals surface area (Å²) in [5, 5.41) is 8.88. The molecular weight excluding hydrogens is 204 g/mol. The van der Waals surface area contributed by atoms with Crippen LogP contribution in [0.2, 0.25) is 0 Å². The van der Waals surface area contributed by atoms with E-state index in [1.54, 1.807) is 0 Å². The lowest BCUT2D eigenvalue weighted by Crippen LogP contribution is -2.45. The predicted molar refractivity (Wildman–Crippen MR) is 63.8 cm³/mol. The minimum Gasteiger partial charge on any atom is -0.396 e. The van der Waals surface area contributed by atoms with Gasteiger partial charge < -0.3 is 15.7 Å². The molecule has 1 fully saturated rings. The first-order valence-electron chi connectivity index (χ1n) is 6.17. The predicted octanol–water partition coefficient (Wildman–Crippen LogP) is 0.592. The van der Waals surface area contributed by atoms with Gasteiger partial charge in [-0.2, -0.15) is 0 Å². The van der Waals surface area contributed by atoms with Gasteiger partial charge in [-0.05, 0) is 32.1 Å². The van der Waals surface area contributed by atoms with Gasteiger partial charge in [-0.1, -0.05) is 6.92 Å². The van der Waals surface area contributed by atoms with E-state index < -0.39 is 5.41 Å². The first kappa shape index (κ1) is 13.5. The molecule has 0 bridgehead atoms. The van der Waals surface area contributed by atoms with Crippen LogP contribution in [0.25, 0.3) is 0 Å². The zero-order valence-electron chi connectivity index (χ0n) is 10.4. The Hall–Kier alpha value is -0.610. The largest absolute Gasteiger partial charge is 0.396 e. The van der Waals surface area contributed by atoms with Gasteiger partial charge in [0.2, 0.25) is 5.91 Å². The zero-order valence-corrected chi connectivity index (χ0v) is 10.4. The van der Waals surface area contributed by atoms with Crippen LogP contribution in [0.15, 0.2) is 0 Å². The van der Waals surface area contributed by atoms with Crippen molar-refractivity contribution in [3.05, 3.63) is 0 Å². The maximum atomic E-state index is 12.3. The molecule has 0 radical (unpaired) electrons. The van der Waals surface area contributed by atoms with E-state index in [2.05, 4.69) is 0 Å². The maximum Gasteiger partial charge on any atom is 0.229 e. The number of aliphatic hydroxyl groups is 1. The molecule has 0 spiro atoms. The van der Waals surface area contributed by atoms with E-state index in [1.807, 2.05) is 18.7 Å². The van der Waals surface area contributed by atoms with Crippen molar-refractivity contribution in [3.8, 4) is 0 Å². The van der Waals surface area contributed by atoms with Gasteiger partial charge in [-0.15, -0.1) is 0 Å². The number of likely N-dealkylation sites (tertiary alicyclic amines) is 1. The van der Waals surface area contributed by atoms with E-state index in [4.69, 9.17) is 10.8 Å². The lowest BCUT2D eigenvalue weighted by molar-refractivity contribution is -0.140. The molecule has 1 rings (SSSR count). The SMILES string of the molecule is CCC(C)(CN)C(=O)N1CCC(CCO)C1. The second kappa shape index (κ2) is 5.64. The van der Waals surface area contributed by atoms with Crippen LogP contribution >= 0.6 is 0 Å². The van der Waals surface area contributed by atoms with Crippen molar-refractivity contribution >= 4 is 5.91 Å². The molecular formula is C12H24N2O2. The van der Waals surface area contributed by atoms with E-state index >= 15 is 0 Å². The summed E-state index contributed by atoms with van der Waals surface area (Å²) in [7, 11) is 0. The zero-order chi connectivity index (χ0) is 12.2. The Kier molecular flexibility index (Phi) is 4.74. The average molecular weight is 228 g/mol. The number of nitrogens with zero attached hydrogens (tertiary/aromatic N) is 1. The van der Waals surface area contributed by atoms with Crippen LogP contribution in [0.4, 0.5) is 0 Å². The lowest BCUT2D eigenvalue weighted by atomic mass is 9.86. The van der Waals surface area contributed by atoms with Crippen molar-refractivity contribution in [2.24, 2.45) is 17.1 Å². The number of amides is 1. The molecule has 1 aliphatic heterocycles. The van der Waals surface area contributed by atoms with Crippen LogP contribution in [0.5, 0.6) is 0 Å². The molecule has 4 heteroatoms. The Morgan fingerprint density at radius 1 is 1.62 bits per heavy atom. The first-order chi connectivity index (χ1) is 7.57. The van der Waals surface area contributed by atoms with Gasteiger partial charge in [-0.3, -0.25) is 4.79 Å². The Bertz CT molecular complexity index is 239. The van der Waals surface area contributed by atoms with Crippen LogP contribution in [0.3, 0.4) is 0 Å². The summed E-state index contributed by atoms with van der Waals surface area (Å²) >= 11 is 0. The highest BCUT2D eigenvalue weighted by atomic mass is 16.3. The number of hydrogen-bond donors (Lipinski definition) is 2. The Labute approximate surface area is 97.8 Å². The fourth-order valence-corrected chi connectivity index (χ4v) is 2.20. The summed E-state index contributed by atoms with van der Waals surface area (Å²) in [6.07, 6.45) is 2.59. The Balaban J connectivity index is 2.56. The highest BCUT2D eigenvalue weighted by Crippen LogP contribution is 2.27. The van der Waals surface area contributed by atoms with Crippen molar-refractivity contribution in [1.29, 1.82) is 0 Å². The molecule has 2 atom stereocenters. The topological polar surface area (TPSA) is 66.6 Å². The van der Waals surface area contributed by atoms with Crippen molar-refractivity contribution in [2.75, 3.05) is 26.2 Å². The standard InChI is InChI=1S/C12H24N2O2/c1-3-12(2,9-13)11(16)14-6-4-10(8-14)5-7-15/h10,15H,3-9,13H2,1-2H3. The van der Waals surface area contributed by atoms with Gasteiger partial charge in [0.1, 0.15) is 0 Å². The molecule has 1 heterocycles. The summed E-state index contributed by atoms with van der Waals surface area (Å²) in [6.45, 7) is 6.17. The van der Waals surface area contributed by atoms with Gasteiger partial charge in [-0.25, -0.2) is 0 Å². The average Bonchev–Trinajstić information content (AvgIpc) is 2.76. The molecule has 94 valence electrons. The molecule has 1 aliphatic rings. The quantitative estimate of drug-likeness (QED) is 0.724. The van der Waals surface area contributed by atoms with Gasteiger partial charge in [0, 0.05) is 26.2 Å². The number of rotatable bonds is 5. The third kappa shape index (κ3) is 2.74. The Morgan fingerprint density at radius 2 is 2.31 bits per heavy atom. The summed E-state index contributed by atoms with van der Waals surface area (Å²) in [6, 6.07) is 0. The van der Waals surface area contributed by atoms with Crippen LogP contribution in [-0.2, 0) is 4.79 Å². The molecule has 0 saturated carbocycles. The van der Waals surface area contributed by atoms with Crippen molar-refractivity contribution < 1.29 is 9.90 Å². The Morgan fingerprint density at radius 3 is 2.81 bits per heavy atom. The van der Waals surface area contributed by atoms with Crippen molar-refractivity contribution in [1.82, 2.24) is 4.90 Å². The summed E-state index contributed by atoms with van der Waals surface area (Å²) < 4.78 is 0. The molecule has 0 aromatic carbocycles. The minimum atomic E-state index is -0.409. The van der Waals surface area contributed by atoms with Gasteiger partial charge in [0.05, 0.1) is 5.41 Å². The molecule has 1 amide bonds.